The molecule has 1 unspecified atom stereocenters. The first kappa shape index (κ1) is 23.8. The molecule has 1 aliphatic rings. The van der Waals surface area contributed by atoms with Gasteiger partial charge in [0.1, 0.15) is 6.26 Å². The summed E-state index contributed by atoms with van der Waals surface area (Å²) < 4.78 is 38.5. The molecule has 1 amide bonds. The molecule has 0 spiro atoms. The van der Waals surface area contributed by atoms with Crippen molar-refractivity contribution in [2.45, 2.75) is 38.0 Å². The van der Waals surface area contributed by atoms with Gasteiger partial charge >= 0.3 is 12.1 Å². The molecular weight excluding hydrogens is 443 g/mol. The molecule has 0 bridgehead atoms. The number of hydrogen-bond acceptors (Lipinski definition) is 5. The van der Waals surface area contributed by atoms with Crippen molar-refractivity contribution >= 4 is 11.9 Å². The van der Waals surface area contributed by atoms with Crippen LogP contribution in [0.3, 0.4) is 0 Å². The van der Waals surface area contributed by atoms with Gasteiger partial charge in [0.15, 0.2) is 0 Å². The lowest BCUT2D eigenvalue weighted by atomic mass is 9.91. The molecule has 1 atom stereocenters. The van der Waals surface area contributed by atoms with Gasteiger partial charge in [-0.25, -0.2) is 4.79 Å². The fraction of sp³-hybridized carbons (Fsp3) is 0.273. The number of rotatable bonds is 4. The molecule has 0 radical (unpaired) electrons. The molecule has 11 heteroatoms. The quantitative estimate of drug-likeness (QED) is 0.615. The van der Waals surface area contributed by atoms with Crippen LogP contribution >= 0.6 is 0 Å². The van der Waals surface area contributed by atoms with Gasteiger partial charge in [0.25, 0.3) is 11.5 Å². The summed E-state index contributed by atoms with van der Waals surface area (Å²) in [5.41, 5.74) is 3.68. The monoisotopic (exact) mass is 463 g/mol. The smallest absolute Gasteiger partial charge is 0.475 e. The molecule has 3 heterocycles. The Morgan fingerprint density at radius 3 is 2.61 bits per heavy atom. The Morgan fingerprint density at radius 1 is 1.24 bits per heavy atom. The van der Waals surface area contributed by atoms with E-state index in [1.807, 2.05) is 22.8 Å². The average Bonchev–Trinajstić information content (AvgIpc) is 3.31. The van der Waals surface area contributed by atoms with E-state index in [0.29, 0.717) is 18.5 Å². The Bertz CT molecular complexity index is 1160. The second-order valence-corrected chi connectivity index (χ2v) is 7.32. The molecule has 4 rings (SSSR count). The summed E-state index contributed by atoms with van der Waals surface area (Å²) in [4.78, 5) is 37.6. The number of carboxylic acids is 1. The van der Waals surface area contributed by atoms with Crippen molar-refractivity contribution in [3.05, 3.63) is 88.0 Å². The molecule has 0 saturated carbocycles. The molecule has 0 saturated heterocycles. The predicted molar refractivity (Wildman–Crippen MR) is 110 cm³/mol. The van der Waals surface area contributed by atoms with E-state index in [0.717, 1.165) is 29.7 Å². The molecule has 3 aromatic heterocycles. The fourth-order valence-electron chi connectivity index (χ4n) is 3.46. The van der Waals surface area contributed by atoms with Crippen molar-refractivity contribution in [3.63, 3.8) is 0 Å². The van der Waals surface area contributed by atoms with Crippen molar-refractivity contribution in [1.82, 2.24) is 14.9 Å². The number of nitrogens with one attached hydrogen (secondary N) is 1. The van der Waals surface area contributed by atoms with Crippen LogP contribution in [-0.4, -0.2) is 38.8 Å². The van der Waals surface area contributed by atoms with E-state index >= 15 is 0 Å². The highest BCUT2D eigenvalue weighted by Gasteiger charge is 2.38. The number of hydrogen-bond donors (Lipinski definition) is 2. The summed E-state index contributed by atoms with van der Waals surface area (Å²) in [5.74, 6) is -2.89. The summed E-state index contributed by atoms with van der Waals surface area (Å²) >= 11 is 0. The molecule has 174 valence electrons. The second kappa shape index (κ2) is 10.2. The van der Waals surface area contributed by atoms with Gasteiger partial charge in [-0.3, -0.25) is 14.6 Å². The first-order chi connectivity index (χ1) is 15.6. The van der Waals surface area contributed by atoms with Crippen LogP contribution < -0.4 is 10.9 Å². The van der Waals surface area contributed by atoms with E-state index in [-0.39, 0.29) is 17.5 Å². The maximum atomic E-state index is 12.4. The highest BCUT2D eigenvalue weighted by atomic mass is 19.4. The topological polar surface area (TPSA) is 114 Å². The maximum Gasteiger partial charge on any atom is 0.490 e. The number of fused-ring (bicyclic) bond motifs is 1. The lowest BCUT2D eigenvalue weighted by Gasteiger charge is -2.27. The average molecular weight is 463 g/mol. The van der Waals surface area contributed by atoms with Crippen LogP contribution in [-0.2, 0) is 24.2 Å². The van der Waals surface area contributed by atoms with Gasteiger partial charge in [-0.15, -0.1) is 0 Å². The normalized spacial score (nSPS) is 15.1. The minimum Gasteiger partial charge on any atom is -0.475 e. The number of carbonyl (C=O) groups is 2. The first-order valence-corrected chi connectivity index (χ1v) is 9.89. The summed E-state index contributed by atoms with van der Waals surface area (Å²) in [5, 5.41) is 10.2. The van der Waals surface area contributed by atoms with E-state index < -0.39 is 12.1 Å². The molecule has 33 heavy (non-hydrogen) atoms. The van der Waals surface area contributed by atoms with Crippen LogP contribution in [0.2, 0.25) is 0 Å². The molecule has 0 aromatic carbocycles. The van der Waals surface area contributed by atoms with E-state index in [1.54, 1.807) is 24.5 Å². The zero-order chi connectivity index (χ0) is 24.0. The third-order valence-corrected chi connectivity index (χ3v) is 5.01. The van der Waals surface area contributed by atoms with E-state index in [9.17, 15) is 22.8 Å². The number of alkyl halides is 3. The highest BCUT2D eigenvalue weighted by Crippen LogP contribution is 2.21. The third kappa shape index (κ3) is 6.31. The Hall–Kier alpha value is -3.89. The first-order valence-electron chi connectivity index (χ1n) is 9.89. The van der Waals surface area contributed by atoms with Crippen molar-refractivity contribution in [2.24, 2.45) is 0 Å². The van der Waals surface area contributed by atoms with Crippen molar-refractivity contribution in [2.75, 3.05) is 0 Å². The maximum absolute atomic E-state index is 12.4. The van der Waals surface area contributed by atoms with Gasteiger partial charge in [0.05, 0.1) is 18.4 Å². The molecule has 3 aromatic rings. The van der Waals surface area contributed by atoms with Gasteiger partial charge in [-0.05, 0) is 42.5 Å². The minimum absolute atomic E-state index is 0.00603. The number of halogens is 3. The number of carboxylic acid groups (broad SMARTS) is 1. The summed E-state index contributed by atoms with van der Waals surface area (Å²) in [6, 6.07) is 9.03. The van der Waals surface area contributed by atoms with Crippen LogP contribution in [0, 0.1) is 0 Å². The number of carbonyl (C=O) groups excluding carboxylic acids is 1. The van der Waals surface area contributed by atoms with Crippen molar-refractivity contribution < 1.29 is 32.3 Å². The molecule has 8 nitrogen and oxygen atoms in total. The number of amides is 1. The summed E-state index contributed by atoms with van der Waals surface area (Å²) in [7, 11) is 0. The van der Waals surface area contributed by atoms with Gasteiger partial charge in [0, 0.05) is 30.2 Å². The predicted octanol–water partition coefficient (Wildman–Crippen LogP) is 2.81. The fourth-order valence-corrected chi connectivity index (χ4v) is 3.46. The molecule has 0 aliphatic heterocycles. The Labute approximate surface area is 185 Å². The zero-order valence-corrected chi connectivity index (χ0v) is 17.2. The second-order valence-electron chi connectivity index (χ2n) is 7.32. The van der Waals surface area contributed by atoms with E-state index in [1.165, 1.54) is 12.5 Å². The molecule has 0 fully saturated rings. The van der Waals surface area contributed by atoms with Gasteiger partial charge in [0.2, 0.25) is 0 Å². The lowest BCUT2D eigenvalue weighted by molar-refractivity contribution is -0.192. The Kier molecular flexibility index (Phi) is 7.31. The van der Waals surface area contributed by atoms with Crippen molar-refractivity contribution in [3.8, 4) is 0 Å². The zero-order valence-electron chi connectivity index (χ0n) is 17.2. The Morgan fingerprint density at radius 2 is 2.00 bits per heavy atom. The third-order valence-electron chi connectivity index (χ3n) is 5.01. The van der Waals surface area contributed by atoms with Crippen LogP contribution in [0.15, 0.2) is 64.5 Å². The van der Waals surface area contributed by atoms with Crippen LogP contribution in [0.1, 0.15) is 33.6 Å². The van der Waals surface area contributed by atoms with Crippen molar-refractivity contribution in [1.29, 1.82) is 0 Å². The number of nitrogens with zero attached hydrogens (tertiary/aromatic N) is 2. The number of aromatic nitrogens is 2. The van der Waals surface area contributed by atoms with Crippen LogP contribution in [0.25, 0.3) is 0 Å². The lowest BCUT2D eigenvalue weighted by Crippen LogP contribution is -2.40. The minimum atomic E-state index is -5.08. The molecule has 2 N–H and O–H groups in total. The summed E-state index contributed by atoms with van der Waals surface area (Å²) in [6.07, 6.45) is 3.61. The van der Waals surface area contributed by atoms with Gasteiger partial charge in [-0.1, -0.05) is 12.1 Å². The van der Waals surface area contributed by atoms with Crippen LogP contribution in [0.5, 0.6) is 0 Å². The largest absolute Gasteiger partial charge is 0.490 e. The standard InChI is InChI=1S/C20H19N3O3.C2HF3O2/c24-19-6-3-15-10-17(22-20(25)16-7-9-26-13-16)4-5-18(15)23(19)12-14-2-1-8-21-11-14;3-2(4,5)1(6)7/h1-3,6-9,11,13,17H,4-5,10,12H2,(H,22,25);(H,6,7). The van der Waals surface area contributed by atoms with Gasteiger partial charge < -0.3 is 19.4 Å². The SMILES string of the molecule is O=C(NC1CCc2c(ccc(=O)n2Cc2cccnc2)C1)c1ccoc1.O=C(O)C(F)(F)F. The van der Waals surface area contributed by atoms with Gasteiger partial charge in [-0.2, -0.15) is 13.2 Å². The Balaban J connectivity index is 0.000000383. The van der Waals surface area contributed by atoms with Crippen LogP contribution in [0.4, 0.5) is 13.2 Å². The van der Waals surface area contributed by atoms with E-state index in [2.05, 4.69) is 10.3 Å². The summed E-state index contributed by atoms with van der Waals surface area (Å²) in [6.45, 7) is 0.516. The number of furan rings is 1. The molecule has 1 aliphatic carbocycles. The number of aliphatic carboxylic acids is 1. The van der Waals surface area contributed by atoms with E-state index in [4.69, 9.17) is 14.3 Å². The molecular formula is C22H20F3N3O5. The highest BCUT2D eigenvalue weighted by molar-refractivity contribution is 5.94. The number of pyridine rings is 2.